The first kappa shape index (κ1) is 15.1. The number of nitrogens with one attached hydrogen (secondary N) is 1. The van der Waals surface area contributed by atoms with Gasteiger partial charge in [0, 0.05) is 25.7 Å². The van der Waals surface area contributed by atoms with Crippen molar-refractivity contribution in [3.63, 3.8) is 0 Å². The van der Waals surface area contributed by atoms with Crippen molar-refractivity contribution in [2.75, 3.05) is 19.6 Å². The minimum absolute atomic E-state index is 0.131. The molecule has 2 fully saturated rings. The highest BCUT2D eigenvalue weighted by atomic mass is 15.3. The van der Waals surface area contributed by atoms with Gasteiger partial charge in [0.1, 0.15) is 0 Å². The average molecular weight is 286 g/mol. The molecule has 116 valence electrons. The van der Waals surface area contributed by atoms with Crippen LogP contribution in [0.25, 0.3) is 0 Å². The maximum absolute atomic E-state index is 3.83. The van der Waals surface area contributed by atoms with Crippen molar-refractivity contribution in [1.29, 1.82) is 0 Å². The highest BCUT2D eigenvalue weighted by Crippen LogP contribution is 2.38. The van der Waals surface area contributed by atoms with Crippen LogP contribution in [0.15, 0.2) is 30.3 Å². The van der Waals surface area contributed by atoms with Crippen LogP contribution in [0.1, 0.15) is 46.1 Å². The number of rotatable bonds is 3. The largest absolute Gasteiger partial charge is 0.310 e. The summed E-state index contributed by atoms with van der Waals surface area (Å²) >= 11 is 0. The third-order valence-corrected chi connectivity index (χ3v) is 5.41. The van der Waals surface area contributed by atoms with Crippen LogP contribution >= 0.6 is 0 Å². The summed E-state index contributed by atoms with van der Waals surface area (Å²) in [6.45, 7) is 12.9. The van der Waals surface area contributed by atoms with E-state index in [0.29, 0.717) is 11.5 Å². The van der Waals surface area contributed by atoms with Gasteiger partial charge in [-0.3, -0.25) is 4.90 Å². The highest BCUT2D eigenvalue weighted by Gasteiger charge is 2.43. The van der Waals surface area contributed by atoms with Gasteiger partial charge in [0.05, 0.1) is 5.54 Å². The second-order valence-corrected chi connectivity index (χ2v) is 8.29. The Hall–Kier alpha value is -0.860. The number of nitrogens with zero attached hydrogens (tertiary/aromatic N) is 1. The van der Waals surface area contributed by atoms with Gasteiger partial charge in [-0.15, -0.1) is 0 Å². The molecule has 1 aromatic carbocycles. The van der Waals surface area contributed by atoms with Crippen LogP contribution in [-0.4, -0.2) is 30.6 Å². The maximum Gasteiger partial charge on any atom is 0.0558 e. The van der Waals surface area contributed by atoms with E-state index in [2.05, 4.69) is 68.2 Å². The van der Waals surface area contributed by atoms with Gasteiger partial charge in [0.2, 0.25) is 0 Å². The first-order chi connectivity index (χ1) is 9.89. The summed E-state index contributed by atoms with van der Waals surface area (Å²) in [5.74, 6) is 0.937. The summed E-state index contributed by atoms with van der Waals surface area (Å²) in [6.07, 6.45) is 2.85. The molecule has 2 atom stereocenters. The standard InChI is InChI=1S/C19H30N2/c1-18(2,3)17-13-21(12-15-10-11-15)19(4,14-20-17)16-8-6-5-7-9-16/h5-9,15,17,20H,10-14H2,1-4H3. The summed E-state index contributed by atoms with van der Waals surface area (Å²) in [6, 6.07) is 11.6. The molecule has 2 aliphatic rings. The second kappa shape index (κ2) is 5.40. The molecule has 3 rings (SSSR count). The Morgan fingerprint density at radius 2 is 1.86 bits per heavy atom. The van der Waals surface area contributed by atoms with Crippen LogP contribution < -0.4 is 5.32 Å². The minimum atomic E-state index is 0.131. The molecular weight excluding hydrogens is 256 g/mol. The zero-order chi connectivity index (χ0) is 15.1. The van der Waals surface area contributed by atoms with Crippen molar-refractivity contribution in [2.45, 2.75) is 52.1 Å². The summed E-state index contributed by atoms with van der Waals surface area (Å²) in [5.41, 5.74) is 1.90. The van der Waals surface area contributed by atoms with E-state index in [0.717, 1.165) is 19.0 Å². The van der Waals surface area contributed by atoms with Crippen molar-refractivity contribution < 1.29 is 0 Å². The van der Waals surface area contributed by atoms with E-state index in [1.807, 2.05) is 0 Å². The monoisotopic (exact) mass is 286 g/mol. The summed E-state index contributed by atoms with van der Waals surface area (Å²) in [4.78, 5) is 2.76. The summed E-state index contributed by atoms with van der Waals surface area (Å²) < 4.78 is 0. The van der Waals surface area contributed by atoms with Crippen molar-refractivity contribution >= 4 is 0 Å². The molecule has 2 nitrogen and oxygen atoms in total. The second-order valence-electron chi connectivity index (χ2n) is 8.29. The zero-order valence-electron chi connectivity index (χ0n) is 14.0. The van der Waals surface area contributed by atoms with Gasteiger partial charge >= 0.3 is 0 Å². The number of benzene rings is 1. The quantitative estimate of drug-likeness (QED) is 0.913. The fraction of sp³-hybridized carbons (Fsp3) is 0.684. The molecule has 0 amide bonds. The SMILES string of the molecule is CC(C)(C)C1CN(CC2CC2)C(C)(c2ccccc2)CN1. The van der Waals surface area contributed by atoms with E-state index in [4.69, 9.17) is 0 Å². The predicted octanol–water partition coefficient (Wildman–Crippen LogP) is 3.63. The van der Waals surface area contributed by atoms with Gasteiger partial charge in [-0.2, -0.15) is 0 Å². The third kappa shape index (κ3) is 3.17. The Morgan fingerprint density at radius 3 is 2.43 bits per heavy atom. The van der Waals surface area contributed by atoms with E-state index in [-0.39, 0.29) is 5.54 Å². The molecule has 1 N–H and O–H groups in total. The number of hydrogen-bond donors (Lipinski definition) is 1. The smallest absolute Gasteiger partial charge is 0.0558 e. The Bertz CT molecular complexity index is 472. The predicted molar refractivity (Wildman–Crippen MR) is 89.3 cm³/mol. The maximum atomic E-state index is 3.83. The Balaban J connectivity index is 1.85. The summed E-state index contributed by atoms with van der Waals surface area (Å²) in [5, 5.41) is 3.83. The Labute approximate surface area is 129 Å². The normalized spacial score (nSPS) is 31.3. The van der Waals surface area contributed by atoms with Crippen LogP contribution in [0, 0.1) is 11.3 Å². The lowest BCUT2D eigenvalue weighted by atomic mass is 9.80. The minimum Gasteiger partial charge on any atom is -0.310 e. The van der Waals surface area contributed by atoms with Crippen LogP contribution in [-0.2, 0) is 5.54 Å². The molecule has 1 saturated heterocycles. The van der Waals surface area contributed by atoms with Crippen molar-refractivity contribution in [3.8, 4) is 0 Å². The van der Waals surface area contributed by atoms with Gasteiger partial charge in [-0.1, -0.05) is 51.1 Å². The van der Waals surface area contributed by atoms with Crippen LogP contribution in [0.5, 0.6) is 0 Å². The van der Waals surface area contributed by atoms with Gasteiger partial charge in [-0.05, 0) is 36.7 Å². The molecule has 1 aliphatic carbocycles. The molecule has 2 unspecified atom stereocenters. The highest BCUT2D eigenvalue weighted by molar-refractivity contribution is 5.26. The first-order valence-electron chi connectivity index (χ1n) is 8.43. The Morgan fingerprint density at radius 1 is 1.19 bits per heavy atom. The third-order valence-electron chi connectivity index (χ3n) is 5.41. The van der Waals surface area contributed by atoms with E-state index < -0.39 is 0 Å². The number of hydrogen-bond acceptors (Lipinski definition) is 2. The van der Waals surface area contributed by atoms with E-state index in [1.54, 1.807) is 0 Å². The van der Waals surface area contributed by atoms with E-state index in [9.17, 15) is 0 Å². The van der Waals surface area contributed by atoms with Crippen LogP contribution in [0.2, 0.25) is 0 Å². The first-order valence-corrected chi connectivity index (χ1v) is 8.43. The van der Waals surface area contributed by atoms with Gasteiger partial charge in [-0.25, -0.2) is 0 Å². The Kier molecular flexibility index (Phi) is 3.87. The lowest BCUT2D eigenvalue weighted by Crippen LogP contribution is -2.64. The fourth-order valence-corrected chi connectivity index (χ4v) is 3.47. The lowest BCUT2D eigenvalue weighted by Gasteiger charge is -2.51. The molecule has 2 heteroatoms. The molecule has 0 radical (unpaired) electrons. The molecule has 0 aromatic heterocycles. The lowest BCUT2D eigenvalue weighted by molar-refractivity contribution is 0.0184. The number of piperazine rings is 1. The van der Waals surface area contributed by atoms with Gasteiger partial charge < -0.3 is 5.32 Å². The molecule has 1 saturated carbocycles. The van der Waals surface area contributed by atoms with Crippen molar-refractivity contribution in [2.24, 2.45) is 11.3 Å². The molecule has 1 aliphatic heterocycles. The molecule has 1 heterocycles. The van der Waals surface area contributed by atoms with Gasteiger partial charge in [0.25, 0.3) is 0 Å². The molecular formula is C19H30N2. The van der Waals surface area contributed by atoms with E-state index >= 15 is 0 Å². The van der Waals surface area contributed by atoms with Gasteiger partial charge in [0.15, 0.2) is 0 Å². The zero-order valence-corrected chi connectivity index (χ0v) is 14.0. The molecule has 21 heavy (non-hydrogen) atoms. The topological polar surface area (TPSA) is 15.3 Å². The van der Waals surface area contributed by atoms with Crippen LogP contribution in [0.4, 0.5) is 0 Å². The molecule has 0 bridgehead atoms. The van der Waals surface area contributed by atoms with Crippen molar-refractivity contribution in [1.82, 2.24) is 10.2 Å². The molecule has 0 spiro atoms. The molecule has 1 aromatic rings. The van der Waals surface area contributed by atoms with E-state index in [1.165, 1.54) is 24.9 Å². The average Bonchev–Trinajstić information content (AvgIpc) is 3.25. The summed E-state index contributed by atoms with van der Waals surface area (Å²) in [7, 11) is 0. The van der Waals surface area contributed by atoms with Crippen molar-refractivity contribution in [3.05, 3.63) is 35.9 Å². The fourth-order valence-electron chi connectivity index (χ4n) is 3.47. The van der Waals surface area contributed by atoms with Crippen LogP contribution in [0.3, 0.4) is 0 Å².